The summed E-state index contributed by atoms with van der Waals surface area (Å²) in [6.45, 7) is 3.28. The molecule has 2 heterocycles. The van der Waals surface area contributed by atoms with Crippen LogP contribution in [0.1, 0.15) is 19.4 Å². The molecule has 1 aliphatic rings. The highest BCUT2D eigenvalue weighted by Crippen LogP contribution is 2.29. The van der Waals surface area contributed by atoms with Crippen molar-refractivity contribution in [2.45, 2.75) is 25.9 Å². The van der Waals surface area contributed by atoms with E-state index in [1.807, 2.05) is 0 Å². The van der Waals surface area contributed by atoms with Gasteiger partial charge < -0.3 is 20.9 Å². The molecule has 1 aromatic heterocycles. The Kier molecular flexibility index (Phi) is 2.62. The van der Waals surface area contributed by atoms with Gasteiger partial charge in [0.05, 0.1) is 17.6 Å². The van der Waals surface area contributed by atoms with Gasteiger partial charge in [-0.15, -0.1) is 0 Å². The van der Waals surface area contributed by atoms with Crippen molar-refractivity contribution in [1.29, 1.82) is 0 Å². The summed E-state index contributed by atoms with van der Waals surface area (Å²) in [5, 5.41) is 12.1. The summed E-state index contributed by atoms with van der Waals surface area (Å²) >= 11 is 0. The van der Waals surface area contributed by atoms with Gasteiger partial charge in [0.2, 0.25) is 17.7 Å². The lowest BCUT2D eigenvalue weighted by atomic mass is 10.2. The maximum absolute atomic E-state index is 11.2. The quantitative estimate of drug-likeness (QED) is 0.667. The number of anilines is 2. The monoisotopic (exact) mass is 238 g/mol. The van der Waals surface area contributed by atoms with E-state index in [0.29, 0.717) is 11.4 Å². The lowest BCUT2D eigenvalue weighted by Gasteiger charge is -2.18. The first kappa shape index (κ1) is 11.6. The third-order valence-corrected chi connectivity index (χ3v) is 2.14. The van der Waals surface area contributed by atoms with Crippen LogP contribution in [0.15, 0.2) is 0 Å². The van der Waals surface area contributed by atoms with Crippen LogP contribution in [0.5, 0.6) is 5.88 Å². The second-order valence-electron chi connectivity index (χ2n) is 4.54. The first-order valence-electron chi connectivity index (χ1n) is 5.16. The Bertz CT molecular complexity index is 467. The standard InChI is InChI=1S/C10H14N4O3/c1-10(2,16)4-17-8-5-3-6(15)12-7(5)13-9(11)14-8/h16H,3-4H2,1-2H3,(H3,11,12,13,14,15). The van der Waals surface area contributed by atoms with Crippen molar-refractivity contribution in [3.8, 4) is 5.88 Å². The van der Waals surface area contributed by atoms with Crippen LogP contribution in [0.3, 0.4) is 0 Å². The van der Waals surface area contributed by atoms with Crippen LogP contribution in [0, 0.1) is 0 Å². The van der Waals surface area contributed by atoms with E-state index in [0.717, 1.165) is 0 Å². The molecule has 2 rings (SSSR count). The number of hydrogen-bond acceptors (Lipinski definition) is 6. The maximum atomic E-state index is 11.2. The van der Waals surface area contributed by atoms with Crippen LogP contribution in [-0.4, -0.2) is 33.2 Å². The zero-order valence-electron chi connectivity index (χ0n) is 9.65. The Labute approximate surface area is 98.0 Å². The highest BCUT2D eigenvalue weighted by molar-refractivity contribution is 5.98. The number of aliphatic hydroxyl groups is 1. The first-order valence-corrected chi connectivity index (χ1v) is 5.16. The largest absolute Gasteiger partial charge is 0.474 e. The van der Waals surface area contributed by atoms with Crippen molar-refractivity contribution < 1.29 is 14.6 Å². The SMILES string of the molecule is CC(C)(O)COc1nc(N)nc2c1CC(=O)N2. The topological polar surface area (TPSA) is 110 Å². The number of nitrogens with one attached hydrogen (secondary N) is 1. The molecule has 1 aromatic rings. The predicted molar refractivity (Wildman–Crippen MR) is 60.6 cm³/mol. The van der Waals surface area contributed by atoms with E-state index in [-0.39, 0.29) is 30.8 Å². The number of carbonyl (C=O) groups excluding carboxylic acids is 1. The van der Waals surface area contributed by atoms with Crippen LogP contribution in [0.2, 0.25) is 0 Å². The molecule has 0 saturated heterocycles. The number of fused-ring (bicyclic) bond motifs is 1. The summed E-state index contributed by atoms with van der Waals surface area (Å²) in [7, 11) is 0. The Hall–Kier alpha value is -1.89. The second-order valence-corrected chi connectivity index (χ2v) is 4.54. The number of nitrogen functional groups attached to an aromatic ring is 1. The summed E-state index contributed by atoms with van der Waals surface area (Å²) < 4.78 is 5.37. The van der Waals surface area contributed by atoms with Crippen molar-refractivity contribution in [3.05, 3.63) is 5.56 Å². The summed E-state index contributed by atoms with van der Waals surface area (Å²) in [6, 6.07) is 0. The van der Waals surface area contributed by atoms with E-state index in [9.17, 15) is 9.90 Å². The molecular weight excluding hydrogens is 224 g/mol. The van der Waals surface area contributed by atoms with Crippen LogP contribution < -0.4 is 15.8 Å². The normalized spacial score (nSPS) is 14.4. The Balaban J connectivity index is 2.26. The maximum Gasteiger partial charge on any atom is 0.230 e. The number of rotatable bonds is 3. The van der Waals surface area contributed by atoms with Crippen LogP contribution >= 0.6 is 0 Å². The van der Waals surface area contributed by atoms with Gasteiger partial charge in [-0.1, -0.05) is 0 Å². The average Bonchev–Trinajstić information content (AvgIpc) is 2.53. The van der Waals surface area contributed by atoms with E-state index in [1.54, 1.807) is 13.8 Å². The Morgan fingerprint density at radius 3 is 2.88 bits per heavy atom. The minimum Gasteiger partial charge on any atom is -0.474 e. The lowest BCUT2D eigenvalue weighted by Crippen LogP contribution is -2.28. The van der Waals surface area contributed by atoms with E-state index in [2.05, 4.69) is 15.3 Å². The van der Waals surface area contributed by atoms with Gasteiger partial charge in [-0.05, 0) is 13.8 Å². The number of aromatic nitrogens is 2. The fraction of sp³-hybridized carbons (Fsp3) is 0.500. The van der Waals surface area contributed by atoms with E-state index >= 15 is 0 Å². The number of nitrogens with two attached hydrogens (primary N) is 1. The summed E-state index contributed by atoms with van der Waals surface area (Å²) in [6.07, 6.45) is 0.163. The van der Waals surface area contributed by atoms with Crippen molar-refractivity contribution in [3.63, 3.8) is 0 Å². The number of nitrogens with zero attached hydrogens (tertiary/aromatic N) is 2. The molecule has 0 fully saturated rings. The smallest absolute Gasteiger partial charge is 0.230 e. The number of amides is 1. The first-order chi connectivity index (χ1) is 7.85. The zero-order valence-corrected chi connectivity index (χ0v) is 9.65. The fourth-order valence-corrected chi connectivity index (χ4v) is 1.44. The number of ether oxygens (including phenoxy) is 1. The molecule has 92 valence electrons. The van der Waals surface area contributed by atoms with E-state index < -0.39 is 5.60 Å². The van der Waals surface area contributed by atoms with Crippen LogP contribution in [-0.2, 0) is 11.2 Å². The van der Waals surface area contributed by atoms with Gasteiger partial charge in [0.25, 0.3) is 0 Å². The molecule has 0 bridgehead atoms. The molecule has 1 amide bonds. The van der Waals surface area contributed by atoms with Gasteiger partial charge in [0, 0.05) is 0 Å². The van der Waals surface area contributed by atoms with Crippen molar-refractivity contribution in [2.75, 3.05) is 17.7 Å². The zero-order chi connectivity index (χ0) is 12.6. The molecule has 0 saturated carbocycles. The highest BCUT2D eigenvalue weighted by atomic mass is 16.5. The van der Waals surface area contributed by atoms with Gasteiger partial charge >= 0.3 is 0 Å². The van der Waals surface area contributed by atoms with Gasteiger partial charge in [0.15, 0.2) is 0 Å². The summed E-state index contributed by atoms with van der Waals surface area (Å²) in [5.41, 5.74) is 5.09. The highest BCUT2D eigenvalue weighted by Gasteiger charge is 2.26. The average molecular weight is 238 g/mol. The number of hydrogen-bond donors (Lipinski definition) is 3. The molecule has 0 spiro atoms. The molecule has 0 atom stereocenters. The third kappa shape index (κ3) is 2.62. The fourth-order valence-electron chi connectivity index (χ4n) is 1.44. The number of carbonyl (C=O) groups is 1. The molecule has 0 aliphatic carbocycles. The Morgan fingerprint density at radius 2 is 2.24 bits per heavy atom. The Morgan fingerprint density at radius 1 is 1.53 bits per heavy atom. The summed E-state index contributed by atoms with van der Waals surface area (Å²) in [5.74, 6) is 0.478. The van der Waals surface area contributed by atoms with E-state index in [1.165, 1.54) is 0 Å². The molecule has 0 radical (unpaired) electrons. The molecule has 1 aliphatic heterocycles. The molecule has 17 heavy (non-hydrogen) atoms. The molecule has 7 nitrogen and oxygen atoms in total. The molecule has 0 unspecified atom stereocenters. The van der Waals surface area contributed by atoms with Crippen LogP contribution in [0.4, 0.5) is 11.8 Å². The minimum absolute atomic E-state index is 0.0247. The van der Waals surface area contributed by atoms with Gasteiger partial charge in [-0.25, -0.2) is 0 Å². The van der Waals surface area contributed by atoms with Crippen molar-refractivity contribution >= 4 is 17.7 Å². The van der Waals surface area contributed by atoms with Gasteiger partial charge in [-0.3, -0.25) is 4.79 Å². The van der Waals surface area contributed by atoms with Crippen molar-refractivity contribution in [2.24, 2.45) is 0 Å². The summed E-state index contributed by atoms with van der Waals surface area (Å²) in [4.78, 5) is 19.1. The van der Waals surface area contributed by atoms with Gasteiger partial charge in [-0.2, -0.15) is 9.97 Å². The molecular formula is C10H14N4O3. The van der Waals surface area contributed by atoms with Crippen molar-refractivity contribution in [1.82, 2.24) is 9.97 Å². The van der Waals surface area contributed by atoms with Crippen LogP contribution in [0.25, 0.3) is 0 Å². The lowest BCUT2D eigenvalue weighted by molar-refractivity contribution is -0.115. The minimum atomic E-state index is -0.983. The van der Waals surface area contributed by atoms with E-state index in [4.69, 9.17) is 10.5 Å². The molecule has 0 aromatic carbocycles. The molecule has 4 N–H and O–H groups in total. The van der Waals surface area contributed by atoms with Gasteiger partial charge in [0.1, 0.15) is 12.4 Å². The second kappa shape index (κ2) is 3.85. The molecule has 7 heteroatoms. The predicted octanol–water partition coefficient (Wildman–Crippen LogP) is -0.297. The third-order valence-electron chi connectivity index (χ3n) is 2.14.